The number of amides is 1. The van der Waals surface area contributed by atoms with Crippen molar-refractivity contribution in [2.45, 2.75) is 26.0 Å². The number of ether oxygens (including phenoxy) is 1. The standard InChI is InChI=1S/C18H20ClNO3/c1-11-10-14(19)6-9-16(11)18(22)20-12(2)17(21)13-4-7-15(23-3)8-5-13/h4-10,12,17,21H,1-3H3,(H,20,22). The van der Waals surface area contributed by atoms with Crippen LogP contribution < -0.4 is 10.1 Å². The Kier molecular flexibility index (Phi) is 5.64. The monoisotopic (exact) mass is 333 g/mol. The number of carbonyl (C=O) groups excluding carboxylic acids is 1. The second kappa shape index (κ2) is 7.49. The number of nitrogens with one attached hydrogen (secondary N) is 1. The number of hydrogen-bond donors (Lipinski definition) is 2. The highest BCUT2D eigenvalue weighted by atomic mass is 35.5. The molecule has 0 heterocycles. The van der Waals surface area contributed by atoms with Crippen LogP contribution in [0.5, 0.6) is 5.75 Å². The second-order valence-electron chi connectivity index (χ2n) is 5.44. The third-order valence-corrected chi connectivity index (χ3v) is 3.96. The molecule has 0 aliphatic rings. The van der Waals surface area contributed by atoms with Crippen LogP contribution >= 0.6 is 11.6 Å². The zero-order valence-corrected chi connectivity index (χ0v) is 14.1. The van der Waals surface area contributed by atoms with Crippen LogP contribution in [0.15, 0.2) is 42.5 Å². The summed E-state index contributed by atoms with van der Waals surface area (Å²) < 4.78 is 5.09. The van der Waals surface area contributed by atoms with Gasteiger partial charge in [0.25, 0.3) is 5.91 Å². The summed E-state index contributed by atoms with van der Waals surface area (Å²) in [7, 11) is 1.59. The molecule has 1 amide bonds. The predicted octanol–water partition coefficient (Wildman–Crippen LogP) is 3.51. The SMILES string of the molecule is COc1ccc(C(O)C(C)NC(=O)c2ccc(Cl)cc2C)cc1. The van der Waals surface area contributed by atoms with E-state index in [1.165, 1.54) is 0 Å². The summed E-state index contributed by atoms with van der Waals surface area (Å²) in [5.41, 5.74) is 2.05. The fourth-order valence-corrected chi connectivity index (χ4v) is 2.56. The number of aliphatic hydroxyl groups is 1. The number of benzene rings is 2. The lowest BCUT2D eigenvalue weighted by Gasteiger charge is -2.21. The Bertz CT molecular complexity index is 685. The zero-order chi connectivity index (χ0) is 17.0. The number of aliphatic hydroxyl groups excluding tert-OH is 1. The van der Waals surface area contributed by atoms with Crippen LogP contribution in [0.4, 0.5) is 0 Å². The molecule has 2 N–H and O–H groups in total. The average molecular weight is 334 g/mol. The van der Waals surface area contributed by atoms with E-state index in [1.807, 2.05) is 6.92 Å². The first-order valence-electron chi connectivity index (χ1n) is 7.31. The normalized spacial score (nSPS) is 13.3. The lowest BCUT2D eigenvalue weighted by Crippen LogP contribution is -2.37. The van der Waals surface area contributed by atoms with E-state index in [0.29, 0.717) is 16.1 Å². The highest BCUT2D eigenvalue weighted by Crippen LogP contribution is 2.21. The lowest BCUT2D eigenvalue weighted by molar-refractivity contribution is 0.0851. The van der Waals surface area contributed by atoms with Gasteiger partial charge in [0.15, 0.2) is 0 Å². The first-order valence-corrected chi connectivity index (χ1v) is 7.69. The molecule has 23 heavy (non-hydrogen) atoms. The van der Waals surface area contributed by atoms with Crippen LogP contribution in [0.1, 0.15) is 34.5 Å². The molecule has 2 rings (SSSR count). The molecule has 5 heteroatoms. The van der Waals surface area contributed by atoms with Crippen LogP contribution in [0.2, 0.25) is 5.02 Å². The molecule has 0 saturated carbocycles. The van der Waals surface area contributed by atoms with Crippen molar-refractivity contribution in [3.8, 4) is 5.75 Å². The Morgan fingerprint density at radius 3 is 2.43 bits per heavy atom. The summed E-state index contributed by atoms with van der Waals surface area (Å²) in [5, 5.41) is 13.8. The lowest BCUT2D eigenvalue weighted by atomic mass is 10.0. The van der Waals surface area contributed by atoms with Crippen LogP contribution in [0.3, 0.4) is 0 Å². The Balaban J connectivity index is 2.07. The van der Waals surface area contributed by atoms with Crippen molar-refractivity contribution in [2.75, 3.05) is 7.11 Å². The van der Waals surface area contributed by atoms with Gasteiger partial charge in [0.2, 0.25) is 0 Å². The van der Waals surface area contributed by atoms with Gasteiger partial charge in [-0.3, -0.25) is 4.79 Å². The van der Waals surface area contributed by atoms with Gasteiger partial charge in [-0.2, -0.15) is 0 Å². The average Bonchev–Trinajstić information content (AvgIpc) is 2.54. The van der Waals surface area contributed by atoms with Gasteiger partial charge in [-0.25, -0.2) is 0 Å². The van der Waals surface area contributed by atoms with Crippen molar-refractivity contribution in [2.24, 2.45) is 0 Å². The first kappa shape index (κ1) is 17.3. The smallest absolute Gasteiger partial charge is 0.251 e. The molecule has 0 spiro atoms. The van der Waals surface area contributed by atoms with Crippen molar-refractivity contribution >= 4 is 17.5 Å². The summed E-state index contributed by atoms with van der Waals surface area (Å²) >= 11 is 5.90. The third kappa shape index (κ3) is 4.24. The van der Waals surface area contributed by atoms with E-state index in [0.717, 1.165) is 11.3 Å². The summed E-state index contributed by atoms with van der Waals surface area (Å²) in [6.07, 6.45) is -0.808. The summed E-state index contributed by atoms with van der Waals surface area (Å²) in [6, 6.07) is 11.8. The summed E-state index contributed by atoms with van der Waals surface area (Å²) in [5.74, 6) is 0.480. The molecule has 0 aliphatic carbocycles. The molecule has 2 atom stereocenters. The molecule has 122 valence electrons. The molecular weight excluding hydrogens is 314 g/mol. The Labute approximate surface area is 141 Å². The molecule has 4 nitrogen and oxygen atoms in total. The quantitative estimate of drug-likeness (QED) is 0.880. The summed E-state index contributed by atoms with van der Waals surface area (Å²) in [4.78, 5) is 12.3. The minimum absolute atomic E-state index is 0.237. The molecule has 2 unspecified atom stereocenters. The van der Waals surface area contributed by atoms with Gasteiger partial charge >= 0.3 is 0 Å². The van der Waals surface area contributed by atoms with E-state index >= 15 is 0 Å². The van der Waals surface area contributed by atoms with Crippen molar-refractivity contribution in [3.05, 3.63) is 64.2 Å². The van der Waals surface area contributed by atoms with Gasteiger partial charge in [0.1, 0.15) is 5.75 Å². The van der Waals surface area contributed by atoms with Crippen molar-refractivity contribution in [3.63, 3.8) is 0 Å². The van der Waals surface area contributed by atoms with Gasteiger partial charge in [-0.1, -0.05) is 23.7 Å². The maximum Gasteiger partial charge on any atom is 0.251 e. The minimum Gasteiger partial charge on any atom is -0.497 e. The number of halogens is 1. The predicted molar refractivity (Wildman–Crippen MR) is 91.1 cm³/mol. The van der Waals surface area contributed by atoms with Gasteiger partial charge in [0, 0.05) is 10.6 Å². The maximum absolute atomic E-state index is 12.3. The first-order chi connectivity index (χ1) is 10.9. The van der Waals surface area contributed by atoms with Crippen LogP contribution in [0, 0.1) is 6.92 Å². The Morgan fingerprint density at radius 2 is 1.87 bits per heavy atom. The molecule has 0 aromatic heterocycles. The highest BCUT2D eigenvalue weighted by Gasteiger charge is 2.20. The van der Waals surface area contributed by atoms with E-state index in [-0.39, 0.29) is 5.91 Å². The van der Waals surface area contributed by atoms with Gasteiger partial charge < -0.3 is 15.2 Å². The highest BCUT2D eigenvalue weighted by molar-refractivity contribution is 6.30. The molecule has 0 radical (unpaired) electrons. The summed E-state index contributed by atoms with van der Waals surface area (Å²) in [6.45, 7) is 3.59. The number of hydrogen-bond acceptors (Lipinski definition) is 3. The van der Waals surface area contributed by atoms with E-state index in [2.05, 4.69) is 5.32 Å². The molecular formula is C18H20ClNO3. The second-order valence-corrected chi connectivity index (χ2v) is 5.88. The Morgan fingerprint density at radius 1 is 1.22 bits per heavy atom. The molecule has 0 fully saturated rings. The topological polar surface area (TPSA) is 58.6 Å². The van der Waals surface area contributed by atoms with E-state index in [1.54, 1.807) is 56.5 Å². The zero-order valence-electron chi connectivity index (χ0n) is 13.3. The van der Waals surface area contributed by atoms with Crippen molar-refractivity contribution in [1.82, 2.24) is 5.32 Å². The number of methoxy groups -OCH3 is 1. The van der Waals surface area contributed by atoms with E-state index < -0.39 is 12.1 Å². The van der Waals surface area contributed by atoms with Crippen LogP contribution in [0.25, 0.3) is 0 Å². The van der Waals surface area contributed by atoms with Crippen LogP contribution in [-0.2, 0) is 0 Å². The van der Waals surface area contributed by atoms with Crippen molar-refractivity contribution < 1.29 is 14.6 Å². The maximum atomic E-state index is 12.3. The van der Waals surface area contributed by atoms with Gasteiger partial charge in [0.05, 0.1) is 19.3 Å². The fraction of sp³-hybridized carbons (Fsp3) is 0.278. The third-order valence-electron chi connectivity index (χ3n) is 3.72. The molecule has 0 aliphatic heterocycles. The molecule has 2 aromatic carbocycles. The van der Waals surface area contributed by atoms with Gasteiger partial charge in [-0.15, -0.1) is 0 Å². The molecule has 0 saturated heterocycles. The number of rotatable bonds is 5. The van der Waals surface area contributed by atoms with Crippen molar-refractivity contribution in [1.29, 1.82) is 0 Å². The number of carbonyl (C=O) groups is 1. The largest absolute Gasteiger partial charge is 0.497 e. The minimum atomic E-state index is -0.808. The fourth-order valence-electron chi connectivity index (χ4n) is 2.34. The van der Waals surface area contributed by atoms with E-state index in [9.17, 15) is 9.90 Å². The Hall–Kier alpha value is -2.04. The van der Waals surface area contributed by atoms with E-state index in [4.69, 9.17) is 16.3 Å². The number of aryl methyl sites for hydroxylation is 1. The van der Waals surface area contributed by atoms with Crippen LogP contribution in [-0.4, -0.2) is 24.2 Å². The molecule has 0 bridgehead atoms. The van der Waals surface area contributed by atoms with Gasteiger partial charge in [-0.05, 0) is 55.3 Å². The molecule has 2 aromatic rings.